The summed E-state index contributed by atoms with van der Waals surface area (Å²) in [5.74, 6) is 1.90. The minimum absolute atomic E-state index is 0. The summed E-state index contributed by atoms with van der Waals surface area (Å²) in [5, 5.41) is 15.1. The minimum atomic E-state index is 0. The molecule has 0 radical (unpaired) electrons. The Morgan fingerprint density at radius 2 is 1.97 bits per heavy atom. The predicted molar refractivity (Wildman–Crippen MR) is 137 cm³/mol. The Hall–Kier alpha value is -1.84. The number of anilines is 1. The van der Waals surface area contributed by atoms with Crippen molar-refractivity contribution in [3.8, 4) is 0 Å². The fraction of sp³-hybridized carbons (Fsp3) is 0.591. The van der Waals surface area contributed by atoms with E-state index in [2.05, 4.69) is 88.3 Å². The van der Waals surface area contributed by atoms with E-state index in [9.17, 15) is 0 Å². The number of hydrogen-bond donors (Lipinski definition) is 2. The first-order valence-electron chi connectivity index (χ1n) is 10.9. The molecule has 0 spiro atoms. The zero-order chi connectivity index (χ0) is 20.9. The molecular weight excluding hydrogens is 489 g/mol. The topological polar surface area (TPSA) is 70.4 Å². The van der Waals surface area contributed by atoms with Gasteiger partial charge in [-0.05, 0) is 38.8 Å². The molecule has 1 atom stereocenters. The van der Waals surface area contributed by atoms with Crippen LogP contribution in [-0.4, -0.2) is 52.9 Å². The van der Waals surface area contributed by atoms with Crippen molar-refractivity contribution in [2.45, 2.75) is 59.5 Å². The quantitative estimate of drug-likeness (QED) is 0.191. The van der Waals surface area contributed by atoms with Gasteiger partial charge in [-0.15, -0.1) is 34.2 Å². The number of nitrogens with zero attached hydrogens (tertiary/aromatic N) is 5. The highest BCUT2D eigenvalue weighted by atomic mass is 127. The number of aliphatic imine (C=N–C) groups is 1. The van der Waals surface area contributed by atoms with E-state index in [0.717, 1.165) is 63.8 Å². The van der Waals surface area contributed by atoms with E-state index in [1.165, 1.54) is 5.69 Å². The second kappa shape index (κ2) is 15.0. The lowest BCUT2D eigenvalue weighted by molar-refractivity contribution is 0.598. The van der Waals surface area contributed by atoms with E-state index in [0.29, 0.717) is 6.04 Å². The summed E-state index contributed by atoms with van der Waals surface area (Å²) in [6.45, 7) is 13.1. The molecule has 2 N–H and O–H groups in total. The summed E-state index contributed by atoms with van der Waals surface area (Å²) in [4.78, 5) is 7.19. The van der Waals surface area contributed by atoms with Crippen molar-refractivity contribution in [3.63, 3.8) is 0 Å². The van der Waals surface area contributed by atoms with Crippen LogP contribution in [0.3, 0.4) is 0 Å². The SMILES string of the molecule is CCc1nncn1CCNC(=NCCCN(CC)c1ccccc1)NC(C)CC.I. The molecule has 0 amide bonds. The van der Waals surface area contributed by atoms with Gasteiger partial charge in [-0.25, -0.2) is 0 Å². The summed E-state index contributed by atoms with van der Waals surface area (Å²) in [5.41, 5.74) is 1.27. The maximum atomic E-state index is 4.80. The lowest BCUT2D eigenvalue weighted by Gasteiger charge is -2.23. The predicted octanol–water partition coefficient (Wildman–Crippen LogP) is 3.71. The lowest BCUT2D eigenvalue weighted by atomic mass is 10.2. The zero-order valence-electron chi connectivity index (χ0n) is 18.8. The number of para-hydroxylation sites is 1. The molecule has 0 aliphatic rings. The van der Waals surface area contributed by atoms with E-state index in [1.54, 1.807) is 6.33 Å². The fourth-order valence-electron chi connectivity index (χ4n) is 3.08. The number of benzene rings is 1. The molecule has 0 aliphatic heterocycles. The van der Waals surface area contributed by atoms with Gasteiger partial charge in [0.1, 0.15) is 12.2 Å². The van der Waals surface area contributed by atoms with Crippen molar-refractivity contribution < 1.29 is 0 Å². The second-order valence-electron chi connectivity index (χ2n) is 7.17. The molecule has 0 aliphatic carbocycles. The number of nitrogens with one attached hydrogen (secondary N) is 2. The van der Waals surface area contributed by atoms with Crippen LogP contribution in [0.15, 0.2) is 41.7 Å². The van der Waals surface area contributed by atoms with Gasteiger partial charge in [0.05, 0.1) is 0 Å². The first kappa shape index (κ1) is 26.2. The molecule has 168 valence electrons. The molecule has 8 heteroatoms. The molecule has 1 aromatic carbocycles. The summed E-state index contributed by atoms with van der Waals surface area (Å²) in [6, 6.07) is 11.0. The average molecular weight is 527 g/mol. The maximum absolute atomic E-state index is 4.80. The number of aryl methyl sites for hydroxylation is 1. The van der Waals surface area contributed by atoms with Crippen molar-refractivity contribution in [2.75, 3.05) is 31.1 Å². The first-order chi connectivity index (χ1) is 14.2. The summed E-state index contributed by atoms with van der Waals surface area (Å²) >= 11 is 0. The Kier molecular flexibility index (Phi) is 13.1. The van der Waals surface area contributed by atoms with Crippen molar-refractivity contribution in [3.05, 3.63) is 42.5 Å². The van der Waals surface area contributed by atoms with Gasteiger partial charge in [-0.3, -0.25) is 4.99 Å². The van der Waals surface area contributed by atoms with E-state index in [1.807, 2.05) is 0 Å². The molecule has 1 heterocycles. The molecule has 1 unspecified atom stereocenters. The standard InChI is InChI=1S/C22H37N7.HI/c1-5-19(4)26-22(24-15-17-29-18-25-27-21(29)6-2)23-14-11-16-28(7-3)20-12-9-8-10-13-20;/h8-10,12-13,18-19H,5-7,11,14-17H2,1-4H3,(H2,23,24,26);1H. The molecule has 0 bridgehead atoms. The van der Waals surface area contributed by atoms with Gasteiger partial charge >= 0.3 is 0 Å². The molecule has 0 saturated heterocycles. The van der Waals surface area contributed by atoms with Crippen LogP contribution in [0.2, 0.25) is 0 Å². The van der Waals surface area contributed by atoms with E-state index in [4.69, 9.17) is 4.99 Å². The van der Waals surface area contributed by atoms with Gasteiger partial charge in [-0.1, -0.05) is 32.0 Å². The van der Waals surface area contributed by atoms with Gasteiger partial charge in [0, 0.05) is 50.9 Å². The maximum Gasteiger partial charge on any atom is 0.191 e. The molecule has 0 saturated carbocycles. The van der Waals surface area contributed by atoms with Crippen molar-refractivity contribution in [1.29, 1.82) is 0 Å². The van der Waals surface area contributed by atoms with Crippen LogP contribution in [0.4, 0.5) is 5.69 Å². The Labute approximate surface area is 198 Å². The smallest absolute Gasteiger partial charge is 0.191 e. The van der Waals surface area contributed by atoms with E-state index in [-0.39, 0.29) is 24.0 Å². The van der Waals surface area contributed by atoms with Crippen LogP contribution in [0.25, 0.3) is 0 Å². The Morgan fingerprint density at radius 3 is 2.63 bits per heavy atom. The molecule has 7 nitrogen and oxygen atoms in total. The molecular formula is C22H38IN7. The van der Waals surface area contributed by atoms with Crippen LogP contribution < -0.4 is 15.5 Å². The molecule has 2 rings (SSSR count). The van der Waals surface area contributed by atoms with Gasteiger partial charge in [0.25, 0.3) is 0 Å². The highest BCUT2D eigenvalue weighted by Gasteiger charge is 2.06. The Morgan fingerprint density at radius 1 is 1.20 bits per heavy atom. The molecule has 1 aromatic heterocycles. The largest absolute Gasteiger partial charge is 0.372 e. The first-order valence-corrected chi connectivity index (χ1v) is 10.9. The highest BCUT2D eigenvalue weighted by molar-refractivity contribution is 14.0. The lowest BCUT2D eigenvalue weighted by Crippen LogP contribution is -2.43. The second-order valence-corrected chi connectivity index (χ2v) is 7.17. The molecule has 0 fully saturated rings. The Bertz CT molecular complexity index is 717. The number of halogens is 1. The van der Waals surface area contributed by atoms with Gasteiger partial charge in [0.2, 0.25) is 0 Å². The van der Waals surface area contributed by atoms with Crippen LogP contribution in [0, 0.1) is 0 Å². The van der Waals surface area contributed by atoms with Crippen LogP contribution in [0.5, 0.6) is 0 Å². The third kappa shape index (κ3) is 8.89. The van der Waals surface area contributed by atoms with Crippen molar-refractivity contribution in [2.24, 2.45) is 4.99 Å². The fourth-order valence-corrected chi connectivity index (χ4v) is 3.08. The average Bonchev–Trinajstić information content (AvgIpc) is 3.21. The number of hydrogen-bond acceptors (Lipinski definition) is 4. The number of aromatic nitrogens is 3. The highest BCUT2D eigenvalue weighted by Crippen LogP contribution is 2.12. The molecule has 30 heavy (non-hydrogen) atoms. The summed E-state index contributed by atoms with van der Waals surface area (Å²) < 4.78 is 2.09. The van der Waals surface area contributed by atoms with Gasteiger partial charge in [-0.2, -0.15) is 0 Å². The van der Waals surface area contributed by atoms with Crippen LogP contribution >= 0.6 is 24.0 Å². The number of guanidine groups is 1. The normalized spacial score (nSPS) is 12.2. The van der Waals surface area contributed by atoms with E-state index < -0.39 is 0 Å². The molecule has 2 aromatic rings. The van der Waals surface area contributed by atoms with Crippen LogP contribution in [-0.2, 0) is 13.0 Å². The zero-order valence-corrected chi connectivity index (χ0v) is 21.2. The third-order valence-corrected chi connectivity index (χ3v) is 5.01. The van der Waals surface area contributed by atoms with Crippen LogP contribution in [0.1, 0.15) is 46.4 Å². The Balaban J connectivity index is 0.00000450. The summed E-state index contributed by atoms with van der Waals surface area (Å²) in [7, 11) is 0. The monoisotopic (exact) mass is 527 g/mol. The van der Waals surface area contributed by atoms with Gasteiger partial charge < -0.3 is 20.1 Å². The minimum Gasteiger partial charge on any atom is -0.372 e. The van der Waals surface area contributed by atoms with Gasteiger partial charge in [0.15, 0.2) is 5.96 Å². The van der Waals surface area contributed by atoms with Crippen molar-refractivity contribution >= 4 is 35.6 Å². The van der Waals surface area contributed by atoms with Crippen molar-refractivity contribution in [1.82, 2.24) is 25.4 Å². The summed E-state index contributed by atoms with van der Waals surface area (Å²) in [6.07, 6.45) is 4.76. The number of rotatable bonds is 12. The third-order valence-electron chi connectivity index (χ3n) is 5.01. The van der Waals surface area contributed by atoms with E-state index >= 15 is 0 Å².